The highest BCUT2D eigenvalue weighted by molar-refractivity contribution is 6.30. The minimum Gasteiger partial charge on any atom is -0.387 e. The number of benzene rings is 1. The molecule has 1 heterocycles. The van der Waals surface area contributed by atoms with Gasteiger partial charge >= 0.3 is 0 Å². The molecule has 1 aromatic heterocycles. The van der Waals surface area contributed by atoms with Gasteiger partial charge in [0.05, 0.1) is 12.1 Å². The van der Waals surface area contributed by atoms with E-state index in [-0.39, 0.29) is 11.3 Å². The standard InChI is InChI=1S/C17H21Cl2N3O/c1-16(9-18)7-6-14(8-13-2-4-15(19)5-3-13)17(16,23)10-22-12-20-11-21-22/h2-5,11-12,14,23H,6-10H2,1H3. The first-order valence-corrected chi connectivity index (χ1v) is 8.73. The van der Waals surface area contributed by atoms with Crippen LogP contribution in [0.1, 0.15) is 25.3 Å². The lowest BCUT2D eigenvalue weighted by molar-refractivity contribution is -0.0891. The van der Waals surface area contributed by atoms with Gasteiger partial charge in [0.2, 0.25) is 0 Å². The van der Waals surface area contributed by atoms with Gasteiger partial charge in [-0.3, -0.25) is 4.68 Å². The zero-order valence-electron chi connectivity index (χ0n) is 13.1. The first-order chi connectivity index (χ1) is 11.0. The van der Waals surface area contributed by atoms with E-state index in [0.717, 1.165) is 24.3 Å². The zero-order valence-corrected chi connectivity index (χ0v) is 14.6. The Morgan fingerprint density at radius 2 is 2.09 bits per heavy atom. The molecule has 0 saturated heterocycles. The number of aliphatic hydroxyl groups is 1. The molecule has 1 N–H and O–H groups in total. The van der Waals surface area contributed by atoms with Gasteiger partial charge in [0, 0.05) is 16.3 Å². The topological polar surface area (TPSA) is 50.9 Å². The van der Waals surface area contributed by atoms with E-state index >= 15 is 0 Å². The molecule has 6 heteroatoms. The van der Waals surface area contributed by atoms with Gasteiger partial charge in [-0.05, 0) is 42.9 Å². The van der Waals surface area contributed by atoms with Crippen molar-refractivity contribution in [1.82, 2.24) is 14.8 Å². The Balaban J connectivity index is 1.87. The fraction of sp³-hybridized carbons (Fsp3) is 0.529. The SMILES string of the molecule is CC1(CCl)CCC(Cc2ccc(Cl)cc2)C1(O)Cn1cncn1. The zero-order chi connectivity index (χ0) is 16.5. The molecule has 0 aliphatic heterocycles. The summed E-state index contributed by atoms with van der Waals surface area (Å²) in [6.07, 6.45) is 5.78. The second-order valence-corrected chi connectivity index (χ2v) is 7.48. The van der Waals surface area contributed by atoms with E-state index in [1.807, 2.05) is 24.3 Å². The third kappa shape index (κ3) is 3.12. The molecule has 1 aliphatic carbocycles. The number of rotatable bonds is 5. The second-order valence-electron chi connectivity index (χ2n) is 6.78. The van der Waals surface area contributed by atoms with Crippen molar-refractivity contribution >= 4 is 23.2 Å². The first-order valence-electron chi connectivity index (χ1n) is 7.82. The molecule has 23 heavy (non-hydrogen) atoms. The summed E-state index contributed by atoms with van der Waals surface area (Å²) in [5.74, 6) is 0.548. The Morgan fingerprint density at radius 3 is 2.70 bits per heavy atom. The Kier molecular flexibility index (Phi) is 4.68. The summed E-state index contributed by atoms with van der Waals surface area (Å²) in [6.45, 7) is 2.48. The summed E-state index contributed by atoms with van der Waals surface area (Å²) < 4.78 is 1.70. The summed E-state index contributed by atoms with van der Waals surface area (Å²) in [6, 6.07) is 7.83. The summed E-state index contributed by atoms with van der Waals surface area (Å²) in [4.78, 5) is 3.98. The molecule has 3 unspecified atom stereocenters. The number of aromatic nitrogens is 3. The minimum atomic E-state index is -0.915. The van der Waals surface area contributed by atoms with Gasteiger partial charge in [0.1, 0.15) is 12.7 Å². The van der Waals surface area contributed by atoms with Crippen LogP contribution < -0.4 is 0 Å². The Morgan fingerprint density at radius 1 is 1.35 bits per heavy atom. The third-order valence-electron chi connectivity index (χ3n) is 5.33. The molecule has 1 saturated carbocycles. The molecule has 0 radical (unpaired) electrons. The number of halogens is 2. The van der Waals surface area contributed by atoms with E-state index in [1.165, 1.54) is 11.9 Å². The van der Waals surface area contributed by atoms with Crippen LogP contribution in [0.2, 0.25) is 5.02 Å². The summed E-state index contributed by atoms with van der Waals surface area (Å²) in [5, 5.41) is 16.4. The van der Waals surface area contributed by atoms with Crippen molar-refractivity contribution in [3.63, 3.8) is 0 Å². The van der Waals surface area contributed by atoms with Gasteiger partial charge in [-0.15, -0.1) is 11.6 Å². The highest BCUT2D eigenvalue weighted by atomic mass is 35.5. The predicted octanol–water partition coefficient (Wildman–Crippen LogP) is 3.56. The van der Waals surface area contributed by atoms with E-state index in [0.29, 0.717) is 12.4 Å². The Bertz CT molecular complexity index is 646. The van der Waals surface area contributed by atoms with Crippen molar-refractivity contribution < 1.29 is 5.11 Å². The highest BCUT2D eigenvalue weighted by Gasteiger charge is 2.56. The van der Waals surface area contributed by atoms with Crippen LogP contribution in [0.15, 0.2) is 36.9 Å². The van der Waals surface area contributed by atoms with Crippen molar-refractivity contribution in [3.05, 3.63) is 47.5 Å². The lowest BCUT2D eigenvalue weighted by Crippen LogP contribution is -2.51. The minimum absolute atomic E-state index is 0.122. The van der Waals surface area contributed by atoms with Crippen LogP contribution in [-0.2, 0) is 13.0 Å². The lowest BCUT2D eigenvalue weighted by Gasteiger charge is -2.42. The predicted molar refractivity (Wildman–Crippen MR) is 91.7 cm³/mol. The van der Waals surface area contributed by atoms with Crippen LogP contribution in [-0.4, -0.2) is 31.4 Å². The van der Waals surface area contributed by atoms with Crippen LogP contribution in [0.25, 0.3) is 0 Å². The van der Waals surface area contributed by atoms with Crippen LogP contribution in [0.5, 0.6) is 0 Å². The molecule has 0 spiro atoms. The molecule has 0 bridgehead atoms. The fourth-order valence-corrected chi connectivity index (χ4v) is 4.17. The molecular formula is C17H21Cl2N3O. The summed E-state index contributed by atoms with van der Waals surface area (Å²) in [5.41, 5.74) is -0.0742. The van der Waals surface area contributed by atoms with E-state index in [2.05, 4.69) is 17.0 Å². The fourth-order valence-electron chi connectivity index (χ4n) is 3.68. The third-order valence-corrected chi connectivity index (χ3v) is 6.17. The number of nitrogens with zero attached hydrogens (tertiary/aromatic N) is 3. The molecule has 3 rings (SSSR count). The lowest BCUT2D eigenvalue weighted by atomic mass is 9.72. The van der Waals surface area contributed by atoms with Crippen molar-refractivity contribution in [2.45, 2.75) is 38.3 Å². The maximum atomic E-state index is 11.6. The van der Waals surface area contributed by atoms with Gasteiger partial charge in [-0.1, -0.05) is 30.7 Å². The van der Waals surface area contributed by atoms with Crippen LogP contribution in [0.3, 0.4) is 0 Å². The van der Waals surface area contributed by atoms with Crippen molar-refractivity contribution in [3.8, 4) is 0 Å². The normalized spacial score (nSPS) is 30.7. The van der Waals surface area contributed by atoms with Crippen LogP contribution in [0, 0.1) is 11.3 Å². The number of alkyl halides is 1. The van der Waals surface area contributed by atoms with E-state index < -0.39 is 5.60 Å². The first kappa shape index (κ1) is 16.7. The average molecular weight is 354 g/mol. The summed E-state index contributed by atoms with van der Waals surface area (Å²) in [7, 11) is 0. The maximum Gasteiger partial charge on any atom is 0.137 e. The van der Waals surface area contributed by atoms with E-state index in [1.54, 1.807) is 11.0 Å². The van der Waals surface area contributed by atoms with E-state index in [9.17, 15) is 5.11 Å². The molecule has 3 atom stereocenters. The van der Waals surface area contributed by atoms with Crippen molar-refractivity contribution in [2.75, 3.05) is 5.88 Å². The summed E-state index contributed by atoms with van der Waals surface area (Å²) >= 11 is 12.2. The molecule has 2 aromatic rings. The molecular weight excluding hydrogens is 333 g/mol. The highest BCUT2D eigenvalue weighted by Crippen LogP contribution is 2.52. The number of hydrogen-bond donors (Lipinski definition) is 1. The Labute approximate surface area is 146 Å². The molecule has 0 amide bonds. The van der Waals surface area contributed by atoms with Crippen molar-refractivity contribution in [2.24, 2.45) is 11.3 Å². The monoisotopic (exact) mass is 353 g/mol. The average Bonchev–Trinajstić information content (AvgIpc) is 3.12. The second kappa shape index (κ2) is 6.42. The van der Waals surface area contributed by atoms with Crippen molar-refractivity contribution in [1.29, 1.82) is 0 Å². The Hall–Kier alpha value is -1.10. The molecule has 124 valence electrons. The molecule has 4 nitrogen and oxygen atoms in total. The molecule has 1 aromatic carbocycles. The molecule has 1 fully saturated rings. The van der Waals surface area contributed by atoms with Gasteiger partial charge in [0.25, 0.3) is 0 Å². The van der Waals surface area contributed by atoms with E-state index in [4.69, 9.17) is 23.2 Å². The smallest absolute Gasteiger partial charge is 0.137 e. The quantitative estimate of drug-likeness (QED) is 0.836. The van der Waals surface area contributed by atoms with Gasteiger partial charge in [-0.2, -0.15) is 5.10 Å². The maximum absolute atomic E-state index is 11.6. The van der Waals surface area contributed by atoms with Crippen LogP contribution in [0.4, 0.5) is 0 Å². The largest absolute Gasteiger partial charge is 0.387 e. The number of hydrogen-bond acceptors (Lipinski definition) is 3. The van der Waals surface area contributed by atoms with Gasteiger partial charge < -0.3 is 5.11 Å². The molecule has 1 aliphatic rings. The van der Waals surface area contributed by atoms with Gasteiger partial charge in [0.15, 0.2) is 0 Å². The van der Waals surface area contributed by atoms with Crippen LogP contribution >= 0.6 is 23.2 Å². The van der Waals surface area contributed by atoms with Gasteiger partial charge in [-0.25, -0.2) is 4.98 Å².